The largest absolute Gasteiger partial charge is 0.382 e. The zero-order chi connectivity index (χ0) is 15.9. The van der Waals surface area contributed by atoms with Crippen molar-refractivity contribution in [2.45, 2.75) is 25.7 Å². The molecule has 1 amide bonds. The van der Waals surface area contributed by atoms with Crippen LogP contribution < -0.4 is 10.8 Å². The lowest BCUT2D eigenvalue weighted by molar-refractivity contribution is -0.129. The Morgan fingerprint density at radius 2 is 1.77 bits per heavy atom. The van der Waals surface area contributed by atoms with Gasteiger partial charge in [-0.05, 0) is 12.8 Å². The number of benzene rings is 1. The van der Waals surface area contributed by atoms with Gasteiger partial charge in [0.2, 0.25) is 11.7 Å². The van der Waals surface area contributed by atoms with Crippen molar-refractivity contribution in [3.63, 3.8) is 0 Å². The second kappa shape index (κ2) is 7.51. The maximum atomic E-state index is 12.2. The molecule has 1 aliphatic rings. The third kappa shape index (κ3) is 3.79. The van der Waals surface area contributed by atoms with E-state index in [4.69, 9.17) is 5.21 Å². The van der Waals surface area contributed by atoms with E-state index in [1.165, 1.54) is 6.08 Å². The summed E-state index contributed by atoms with van der Waals surface area (Å²) in [4.78, 5) is 35.0. The molecule has 1 aliphatic carbocycles. The van der Waals surface area contributed by atoms with E-state index >= 15 is 0 Å². The third-order valence-electron chi connectivity index (χ3n) is 3.48. The Kier molecular flexibility index (Phi) is 5.43. The zero-order valence-corrected chi connectivity index (χ0v) is 12.1. The topological polar surface area (TPSA) is 95.5 Å². The molecule has 0 spiro atoms. The monoisotopic (exact) mass is 302 g/mol. The number of carbonyl (C=O) groups is 3. The molecule has 0 radical (unpaired) electrons. The first-order chi connectivity index (χ1) is 10.6. The van der Waals surface area contributed by atoms with Crippen molar-refractivity contribution in [2.75, 3.05) is 6.54 Å². The Morgan fingerprint density at radius 1 is 1.05 bits per heavy atom. The molecule has 0 heterocycles. The summed E-state index contributed by atoms with van der Waals surface area (Å²) in [6.07, 6.45) is 3.81. The molecule has 0 aromatic heterocycles. The highest BCUT2D eigenvalue weighted by atomic mass is 16.5. The van der Waals surface area contributed by atoms with Crippen LogP contribution in [-0.2, 0) is 4.79 Å². The van der Waals surface area contributed by atoms with Crippen molar-refractivity contribution in [3.05, 3.63) is 47.2 Å². The summed E-state index contributed by atoms with van der Waals surface area (Å²) in [5.74, 6) is -0.743. The highest BCUT2D eigenvalue weighted by Crippen LogP contribution is 2.19. The number of Topliss-reactive ketones (excluding diaryl/α,β-unsaturated/α-hetero) is 1. The van der Waals surface area contributed by atoms with Crippen molar-refractivity contribution < 1.29 is 19.6 Å². The van der Waals surface area contributed by atoms with Gasteiger partial charge in [0.25, 0.3) is 0 Å². The number of hydroxylamine groups is 1. The summed E-state index contributed by atoms with van der Waals surface area (Å²) in [6.45, 7) is 0.549. The first-order valence-electron chi connectivity index (χ1n) is 7.20. The molecular weight excluding hydrogens is 284 g/mol. The molecule has 6 heteroatoms. The molecular formula is C16H18N2O4. The minimum atomic E-state index is -0.402. The van der Waals surface area contributed by atoms with Gasteiger partial charge in [0.1, 0.15) is 0 Å². The Morgan fingerprint density at radius 3 is 2.50 bits per heavy atom. The van der Waals surface area contributed by atoms with Gasteiger partial charge >= 0.3 is 0 Å². The molecule has 116 valence electrons. The molecule has 2 rings (SSSR count). The summed E-state index contributed by atoms with van der Waals surface area (Å²) in [5.41, 5.74) is 2.76. The summed E-state index contributed by atoms with van der Waals surface area (Å²) in [6, 6.07) is 6.77. The smallest absolute Gasteiger partial charge is 0.243 e. The first kappa shape index (κ1) is 15.9. The van der Waals surface area contributed by atoms with Gasteiger partial charge in [-0.2, -0.15) is 0 Å². The normalized spacial score (nSPS) is 13.4. The summed E-state index contributed by atoms with van der Waals surface area (Å²) < 4.78 is 0. The fraction of sp³-hybridized carbons (Fsp3) is 0.312. The highest BCUT2D eigenvalue weighted by Gasteiger charge is 2.24. The van der Waals surface area contributed by atoms with Gasteiger partial charge in [0.15, 0.2) is 5.78 Å². The number of allylic oxidation sites excluding steroid dienone is 2. The molecule has 0 saturated heterocycles. The fourth-order valence-electron chi connectivity index (χ4n) is 2.31. The molecule has 0 atom stereocenters. The second-order valence-corrected chi connectivity index (χ2v) is 5.07. The van der Waals surface area contributed by atoms with Crippen molar-refractivity contribution in [2.24, 2.45) is 0 Å². The van der Waals surface area contributed by atoms with E-state index in [0.717, 1.165) is 12.8 Å². The molecule has 1 aromatic rings. The molecule has 6 nitrogen and oxygen atoms in total. The molecule has 1 aromatic carbocycles. The predicted molar refractivity (Wildman–Crippen MR) is 79.6 cm³/mol. The lowest BCUT2D eigenvalue weighted by atomic mass is 9.93. The number of carbonyl (C=O) groups excluding carboxylic acids is 3. The van der Waals surface area contributed by atoms with E-state index in [1.807, 2.05) is 0 Å². The van der Waals surface area contributed by atoms with E-state index < -0.39 is 5.91 Å². The van der Waals surface area contributed by atoms with Crippen molar-refractivity contribution in [1.82, 2.24) is 10.8 Å². The van der Waals surface area contributed by atoms with Gasteiger partial charge < -0.3 is 5.32 Å². The van der Waals surface area contributed by atoms with Gasteiger partial charge in [-0.3, -0.25) is 19.6 Å². The number of fused-ring (bicyclic) bond motifs is 1. The van der Waals surface area contributed by atoms with Crippen molar-refractivity contribution >= 4 is 17.5 Å². The van der Waals surface area contributed by atoms with Crippen LogP contribution in [-0.4, -0.2) is 29.2 Å². The number of rotatable bonds is 7. The number of hydrogen-bond acceptors (Lipinski definition) is 5. The molecule has 3 N–H and O–H groups in total. The van der Waals surface area contributed by atoms with Crippen molar-refractivity contribution in [3.8, 4) is 0 Å². The van der Waals surface area contributed by atoms with Gasteiger partial charge in [-0.25, -0.2) is 5.48 Å². The third-order valence-corrected chi connectivity index (χ3v) is 3.48. The van der Waals surface area contributed by atoms with Gasteiger partial charge in [0.05, 0.1) is 5.70 Å². The Balaban J connectivity index is 1.81. The zero-order valence-electron chi connectivity index (χ0n) is 12.1. The predicted octanol–water partition coefficient (Wildman–Crippen LogP) is 1.60. The maximum absolute atomic E-state index is 12.2. The minimum absolute atomic E-state index is 0.169. The Labute approximate surface area is 128 Å². The number of nitrogens with one attached hydrogen (secondary N) is 2. The van der Waals surface area contributed by atoms with Crippen LogP contribution in [0.15, 0.2) is 36.0 Å². The van der Waals surface area contributed by atoms with Gasteiger partial charge in [0, 0.05) is 30.2 Å². The Bertz CT molecular complexity index is 622. The molecule has 0 aliphatic heterocycles. The summed E-state index contributed by atoms with van der Waals surface area (Å²) in [7, 11) is 0. The van der Waals surface area contributed by atoms with Crippen molar-refractivity contribution in [1.29, 1.82) is 0 Å². The number of hydrogen-bond donors (Lipinski definition) is 3. The van der Waals surface area contributed by atoms with E-state index in [-0.39, 0.29) is 18.0 Å². The van der Waals surface area contributed by atoms with Crippen LogP contribution in [0.3, 0.4) is 0 Å². The van der Waals surface area contributed by atoms with Crippen LogP contribution in [0.4, 0.5) is 0 Å². The van der Waals surface area contributed by atoms with E-state index in [0.29, 0.717) is 29.8 Å². The number of amides is 1. The minimum Gasteiger partial charge on any atom is -0.382 e. The summed E-state index contributed by atoms with van der Waals surface area (Å²) >= 11 is 0. The van der Waals surface area contributed by atoms with Gasteiger partial charge in [-0.15, -0.1) is 0 Å². The maximum Gasteiger partial charge on any atom is 0.243 e. The van der Waals surface area contributed by atoms with E-state index in [1.54, 1.807) is 29.7 Å². The second-order valence-electron chi connectivity index (χ2n) is 5.07. The lowest BCUT2D eigenvalue weighted by Crippen LogP contribution is -2.27. The van der Waals surface area contributed by atoms with Crippen LogP contribution in [0.1, 0.15) is 46.4 Å². The average molecular weight is 302 g/mol. The lowest BCUT2D eigenvalue weighted by Gasteiger charge is -2.16. The molecule has 0 saturated carbocycles. The van der Waals surface area contributed by atoms with E-state index in [9.17, 15) is 14.4 Å². The summed E-state index contributed by atoms with van der Waals surface area (Å²) in [5, 5.41) is 11.3. The fourth-order valence-corrected chi connectivity index (χ4v) is 2.31. The van der Waals surface area contributed by atoms with Crippen LogP contribution >= 0.6 is 0 Å². The Hall–Kier alpha value is -2.47. The van der Waals surface area contributed by atoms with Crippen LogP contribution in [0.2, 0.25) is 0 Å². The van der Waals surface area contributed by atoms with E-state index in [2.05, 4.69) is 5.32 Å². The molecule has 0 unspecified atom stereocenters. The highest BCUT2D eigenvalue weighted by molar-refractivity contribution is 6.24. The van der Waals surface area contributed by atoms with Crippen LogP contribution in [0.5, 0.6) is 0 Å². The van der Waals surface area contributed by atoms with Crippen LogP contribution in [0.25, 0.3) is 0 Å². The average Bonchev–Trinajstić information content (AvgIpc) is 2.54. The molecule has 0 fully saturated rings. The SMILES string of the molecule is O=C(CCCCCNC1=CC(=O)c2ccccc2C1=O)NO. The molecule has 22 heavy (non-hydrogen) atoms. The quantitative estimate of drug-likeness (QED) is 0.404. The number of ketones is 2. The first-order valence-corrected chi connectivity index (χ1v) is 7.20. The van der Waals surface area contributed by atoms with Gasteiger partial charge in [-0.1, -0.05) is 30.7 Å². The molecule has 0 bridgehead atoms. The number of unbranched alkanes of at least 4 members (excludes halogenated alkanes) is 2. The standard InChI is InChI=1S/C16H18N2O4/c19-14-10-13(16(21)12-7-4-3-6-11(12)14)17-9-5-1-2-8-15(20)18-22/h3-4,6-7,10,17,22H,1-2,5,8-9H2,(H,18,20). The van der Waals surface area contributed by atoms with Crippen LogP contribution in [0, 0.1) is 0 Å².